The van der Waals surface area contributed by atoms with E-state index in [1.807, 2.05) is 0 Å². The smallest absolute Gasteiger partial charge is 0.256 e. The van der Waals surface area contributed by atoms with E-state index in [4.69, 9.17) is 4.74 Å². The van der Waals surface area contributed by atoms with Crippen molar-refractivity contribution < 1.29 is 23.8 Å². The number of para-hydroxylation sites is 2. The minimum absolute atomic E-state index is 0.0633. The lowest BCUT2D eigenvalue weighted by Crippen LogP contribution is -2.15. The van der Waals surface area contributed by atoms with Crippen molar-refractivity contribution in [3.05, 3.63) is 71.6 Å². The second kappa shape index (κ2) is 8.80. The normalized spacial score (nSPS) is 11.9. The van der Waals surface area contributed by atoms with Gasteiger partial charge in [0.05, 0.1) is 12.8 Å². The molecule has 0 bridgehead atoms. The van der Waals surface area contributed by atoms with Gasteiger partial charge in [0.25, 0.3) is 5.91 Å². The number of carbonyl (C=O) groups is 2. The lowest BCUT2D eigenvalue weighted by molar-refractivity contribution is -0.113. The van der Waals surface area contributed by atoms with Gasteiger partial charge in [0.2, 0.25) is 0 Å². The summed E-state index contributed by atoms with van der Waals surface area (Å²) in [5.74, 6) is -1.07. The summed E-state index contributed by atoms with van der Waals surface area (Å²) in [5.41, 5.74) is 0.852. The first kappa shape index (κ1) is 19.9. The molecule has 0 aromatic heterocycles. The highest BCUT2D eigenvalue weighted by molar-refractivity contribution is 6.12. The molecule has 0 aliphatic carbocycles. The van der Waals surface area contributed by atoms with Gasteiger partial charge in [0, 0.05) is 11.1 Å². The number of ketones is 1. The highest BCUT2D eigenvalue weighted by atomic mass is 19.1. The van der Waals surface area contributed by atoms with Crippen molar-refractivity contribution >= 4 is 23.0 Å². The van der Waals surface area contributed by atoms with Crippen LogP contribution in [0.4, 0.5) is 10.1 Å². The molecule has 0 atom stereocenters. The zero-order valence-electron chi connectivity index (χ0n) is 15.2. The largest absolute Gasteiger partial charge is 0.508 e. The van der Waals surface area contributed by atoms with E-state index in [1.165, 1.54) is 38.3 Å². The maximum absolute atomic E-state index is 14.2. The topological polar surface area (TPSA) is 75.6 Å². The molecule has 140 valence electrons. The van der Waals surface area contributed by atoms with Crippen molar-refractivity contribution in [3.63, 3.8) is 0 Å². The van der Waals surface area contributed by atoms with Crippen molar-refractivity contribution in [2.75, 3.05) is 12.4 Å². The number of phenols is 1. The van der Waals surface area contributed by atoms with Crippen LogP contribution in [-0.2, 0) is 9.59 Å². The minimum Gasteiger partial charge on any atom is -0.508 e. The number of carbonyl (C=O) groups excluding carboxylic acids is 2. The van der Waals surface area contributed by atoms with Crippen LogP contribution in [0.2, 0.25) is 0 Å². The number of aromatic hydroxyl groups is 1. The van der Waals surface area contributed by atoms with E-state index in [-0.39, 0.29) is 28.2 Å². The lowest BCUT2D eigenvalue weighted by Gasteiger charge is -2.13. The molecule has 0 aliphatic rings. The highest BCUT2D eigenvalue weighted by Crippen LogP contribution is 2.28. The number of phenolic OH excluding ortho intramolecular Hbond substituents is 1. The maximum atomic E-state index is 14.2. The van der Waals surface area contributed by atoms with Gasteiger partial charge in [-0.2, -0.15) is 0 Å². The highest BCUT2D eigenvalue weighted by Gasteiger charge is 2.16. The number of rotatable bonds is 6. The predicted octanol–water partition coefficient (Wildman–Crippen LogP) is 4.10. The minimum atomic E-state index is -0.593. The number of hydrogen-bond donors (Lipinski definition) is 2. The van der Waals surface area contributed by atoms with Gasteiger partial charge < -0.3 is 15.2 Å². The van der Waals surface area contributed by atoms with Crippen molar-refractivity contribution in [2.45, 2.75) is 13.8 Å². The second-order valence-corrected chi connectivity index (χ2v) is 5.80. The molecule has 2 aromatic carbocycles. The van der Waals surface area contributed by atoms with E-state index >= 15 is 0 Å². The molecule has 0 heterocycles. The van der Waals surface area contributed by atoms with E-state index in [1.54, 1.807) is 31.2 Å². The molecule has 27 heavy (non-hydrogen) atoms. The van der Waals surface area contributed by atoms with E-state index in [2.05, 4.69) is 5.32 Å². The van der Waals surface area contributed by atoms with Crippen LogP contribution in [0.5, 0.6) is 11.5 Å². The first-order valence-electron chi connectivity index (χ1n) is 8.16. The fraction of sp³-hybridized carbons (Fsp3) is 0.143. The summed E-state index contributed by atoms with van der Waals surface area (Å²) >= 11 is 0. The molecule has 6 heteroatoms. The molecule has 2 rings (SSSR count). The summed E-state index contributed by atoms with van der Waals surface area (Å²) in [4.78, 5) is 24.2. The predicted molar refractivity (Wildman–Crippen MR) is 102 cm³/mol. The van der Waals surface area contributed by atoms with E-state index in [0.29, 0.717) is 11.4 Å². The molecule has 0 saturated heterocycles. The molecule has 0 aliphatic heterocycles. The summed E-state index contributed by atoms with van der Waals surface area (Å²) in [6.45, 7) is 2.88. The van der Waals surface area contributed by atoms with Crippen molar-refractivity contribution in [2.24, 2.45) is 0 Å². The van der Waals surface area contributed by atoms with Gasteiger partial charge in [0.1, 0.15) is 17.3 Å². The van der Waals surface area contributed by atoms with Gasteiger partial charge in [-0.3, -0.25) is 9.59 Å². The van der Waals surface area contributed by atoms with Gasteiger partial charge in [-0.25, -0.2) is 4.39 Å². The SMILES string of the molecule is COc1ccccc1NC(=O)C(/C=C\C(C)=O)=C(/C)c1cc(O)ccc1F. The Morgan fingerprint density at radius 3 is 2.48 bits per heavy atom. The summed E-state index contributed by atoms with van der Waals surface area (Å²) in [7, 11) is 1.48. The number of halogens is 1. The first-order chi connectivity index (χ1) is 12.8. The number of benzene rings is 2. The number of allylic oxidation sites excluding steroid dienone is 2. The lowest BCUT2D eigenvalue weighted by atomic mass is 9.99. The number of ether oxygens (including phenoxy) is 1. The van der Waals surface area contributed by atoms with Crippen molar-refractivity contribution in [1.29, 1.82) is 0 Å². The van der Waals surface area contributed by atoms with Crippen molar-refractivity contribution in [3.8, 4) is 11.5 Å². The third kappa shape index (κ3) is 5.04. The summed E-state index contributed by atoms with van der Waals surface area (Å²) in [5, 5.41) is 12.4. The van der Waals surface area contributed by atoms with Gasteiger partial charge in [-0.15, -0.1) is 0 Å². The first-order valence-corrected chi connectivity index (χ1v) is 8.16. The van der Waals surface area contributed by atoms with Crippen LogP contribution in [0, 0.1) is 5.82 Å². The van der Waals surface area contributed by atoms with Crippen LogP contribution < -0.4 is 10.1 Å². The summed E-state index contributed by atoms with van der Waals surface area (Å²) < 4.78 is 19.4. The fourth-order valence-corrected chi connectivity index (χ4v) is 2.45. The number of amides is 1. The molecule has 0 unspecified atom stereocenters. The van der Waals surface area contributed by atoms with Crippen LogP contribution in [0.1, 0.15) is 19.4 Å². The standard InChI is InChI=1S/C21H20FNO4/c1-13(24)8-10-16(14(2)17-12-15(25)9-11-18(17)22)21(26)23-19-6-4-5-7-20(19)27-3/h4-12,25H,1-3H3,(H,23,26)/b10-8-,16-14-. The van der Waals surface area contributed by atoms with Crippen LogP contribution in [0.25, 0.3) is 5.57 Å². The summed E-state index contributed by atoms with van der Waals surface area (Å²) in [6, 6.07) is 10.4. The van der Waals surface area contributed by atoms with Crippen molar-refractivity contribution in [1.82, 2.24) is 0 Å². The van der Waals surface area contributed by atoms with Gasteiger partial charge in [0.15, 0.2) is 5.78 Å². The number of hydrogen-bond acceptors (Lipinski definition) is 4. The number of nitrogens with one attached hydrogen (secondary N) is 1. The zero-order valence-corrected chi connectivity index (χ0v) is 15.2. The quantitative estimate of drug-likeness (QED) is 0.594. The van der Waals surface area contributed by atoms with Crippen LogP contribution in [0.15, 0.2) is 60.2 Å². The van der Waals surface area contributed by atoms with E-state index in [0.717, 1.165) is 6.07 Å². The van der Waals surface area contributed by atoms with Crippen LogP contribution in [-0.4, -0.2) is 23.9 Å². The van der Waals surface area contributed by atoms with Gasteiger partial charge in [-0.05, 0) is 61.9 Å². The molecule has 0 fully saturated rings. The molecule has 0 radical (unpaired) electrons. The Morgan fingerprint density at radius 1 is 1.11 bits per heavy atom. The Bertz CT molecular complexity index is 932. The van der Waals surface area contributed by atoms with Gasteiger partial charge in [-0.1, -0.05) is 12.1 Å². The zero-order chi connectivity index (χ0) is 20.0. The Kier molecular flexibility index (Phi) is 6.49. The molecule has 5 nitrogen and oxygen atoms in total. The molecule has 2 N–H and O–H groups in total. The van der Waals surface area contributed by atoms with Crippen LogP contribution in [0.3, 0.4) is 0 Å². The third-order valence-electron chi connectivity index (χ3n) is 3.84. The number of methoxy groups -OCH3 is 1. The number of anilines is 1. The molecule has 2 aromatic rings. The fourth-order valence-electron chi connectivity index (χ4n) is 2.45. The monoisotopic (exact) mass is 369 g/mol. The average molecular weight is 369 g/mol. The average Bonchev–Trinajstić information content (AvgIpc) is 2.63. The molecule has 1 amide bonds. The van der Waals surface area contributed by atoms with Gasteiger partial charge >= 0.3 is 0 Å². The summed E-state index contributed by atoms with van der Waals surface area (Å²) in [6.07, 6.45) is 2.55. The second-order valence-electron chi connectivity index (χ2n) is 5.80. The third-order valence-corrected chi connectivity index (χ3v) is 3.84. The van der Waals surface area contributed by atoms with Crippen LogP contribution >= 0.6 is 0 Å². The van der Waals surface area contributed by atoms with E-state index < -0.39 is 11.7 Å². The molecule has 0 spiro atoms. The van der Waals surface area contributed by atoms with E-state index in [9.17, 15) is 19.1 Å². The Balaban J connectivity index is 2.52. The Hall–Kier alpha value is -3.41. The maximum Gasteiger partial charge on any atom is 0.256 e. The Labute approximate surface area is 156 Å². The molecule has 0 saturated carbocycles. The molecular weight excluding hydrogens is 349 g/mol. The molecular formula is C21H20FNO4. The Morgan fingerprint density at radius 2 is 1.81 bits per heavy atom.